The SMILES string of the molecule is COC(=O)c1ccc(O[C@@H]2CCNC2=O)c(Cl)c1. The molecule has 1 aromatic rings. The molecule has 1 heterocycles. The fourth-order valence-electron chi connectivity index (χ4n) is 1.68. The molecule has 1 fully saturated rings. The van der Waals surface area contributed by atoms with Crippen LogP contribution in [0.3, 0.4) is 0 Å². The van der Waals surface area contributed by atoms with Gasteiger partial charge in [0.15, 0.2) is 6.10 Å². The van der Waals surface area contributed by atoms with E-state index >= 15 is 0 Å². The molecule has 0 spiro atoms. The molecule has 1 aliphatic heterocycles. The third-order valence-electron chi connectivity index (χ3n) is 2.62. The van der Waals surface area contributed by atoms with E-state index in [0.29, 0.717) is 24.3 Å². The smallest absolute Gasteiger partial charge is 0.337 e. The van der Waals surface area contributed by atoms with Crippen LogP contribution in [0.1, 0.15) is 16.8 Å². The van der Waals surface area contributed by atoms with E-state index in [2.05, 4.69) is 10.1 Å². The number of benzene rings is 1. The number of hydrogen-bond donors (Lipinski definition) is 1. The Morgan fingerprint density at radius 1 is 1.50 bits per heavy atom. The van der Waals surface area contributed by atoms with E-state index in [4.69, 9.17) is 16.3 Å². The summed E-state index contributed by atoms with van der Waals surface area (Å²) in [7, 11) is 1.30. The number of carbonyl (C=O) groups is 2. The normalized spacial score (nSPS) is 18.3. The van der Waals surface area contributed by atoms with Gasteiger partial charge < -0.3 is 14.8 Å². The monoisotopic (exact) mass is 269 g/mol. The van der Waals surface area contributed by atoms with Gasteiger partial charge in [0.1, 0.15) is 5.75 Å². The highest BCUT2D eigenvalue weighted by atomic mass is 35.5. The van der Waals surface area contributed by atoms with Gasteiger partial charge in [0.25, 0.3) is 5.91 Å². The van der Waals surface area contributed by atoms with Gasteiger partial charge in [-0.1, -0.05) is 11.6 Å². The van der Waals surface area contributed by atoms with Crippen LogP contribution in [0.5, 0.6) is 5.75 Å². The summed E-state index contributed by atoms with van der Waals surface area (Å²) in [6, 6.07) is 4.55. The molecule has 1 aliphatic rings. The summed E-state index contributed by atoms with van der Waals surface area (Å²) in [6.45, 7) is 0.599. The average Bonchev–Trinajstić information content (AvgIpc) is 2.76. The predicted octanol–water partition coefficient (Wildman–Crippen LogP) is 1.39. The molecule has 96 valence electrons. The van der Waals surface area contributed by atoms with Crippen molar-refractivity contribution in [3.05, 3.63) is 28.8 Å². The van der Waals surface area contributed by atoms with Gasteiger partial charge in [0.05, 0.1) is 17.7 Å². The first-order valence-electron chi connectivity index (χ1n) is 5.44. The van der Waals surface area contributed by atoms with E-state index < -0.39 is 12.1 Å². The van der Waals surface area contributed by atoms with E-state index in [1.807, 2.05) is 0 Å². The molecule has 6 heteroatoms. The molecule has 1 saturated heterocycles. The summed E-state index contributed by atoms with van der Waals surface area (Å²) in [5.41, 5.74) is 0.339. The second-order valence-electron chi connectivity index (χ2n) is 3.82. The van der Waals surface area contributed by atoms with Crippen LogP contribution >= 0.6 is 11.6 Å². The number of halogens is 1. The minimum atomic E-state index is -0.522. The topological polar surface area (TPSA) is 64.6 Å². The predicted molar refractivity (Wildman–Crippen MR) is 64.8 cm³/mol. The van der Waals surface area contributed by atoms with Gasteiger partial charge in [0, 0.05) is 13.0 Å². The van der Waals surface area contributed by atoms with E-state index in [1.54, 1.807) is 12.1 Å². The largest absolute Gasteiger partial charge is 0.479 e. The molecule has 2 rings (SSSR count). The second kappa shape index (κ2) is 5.27. The Balaban J connectivity index is 2.14. The van der Waals surface area contributed by atoms with Crippen LogP contribution in [0.25, 0.3) is 0 Å². The summed E-state index contributed by atoms with van der Waals surface area (Å²) < 4.78 is 10.1. The molecule has 1 amide bonds. The minimum absolute atomic E-state index is 0.150. The number of rotatable bonds is 3. The van der Waals surface area contributed by atoms with Gasteiger partial charge in [-0.05, 0) is 18.2 Å². The van der Waals surface area contributed by atoms with Crippen LogP contribution in [0.4, 0.5) is 0 Å². The third-order valence-corrected chi connectivity index (χ3v) is 2.92. The van der Waals surface area contributed by atoms with Crippen LogP contribution in [0.15, 0.2) is 18.2 Å². The molecule has 0 unspecified atom stereocenters. The van der Waals surface area contributed by atoms with Crippen LogP contribution in [-0.4, -0.2) is 31.6 Å². The van der Waals surface area contributed by atoms with Crippen LogP contribution < -0.4 is 10.1 Å². The maximum atomic E-state index is 11.4. The number of methoxy groups -OCH3 is 1. The summed E-state index contributed by atoms with van der Waals surface area (Å²) in [6.07, 6.45) is 0.0833. The van der Waals surface area contributed by atoms with Crippen molar-refractivity contribution in [1.82, 2.24) is 5.32 Å². The zero-order valence-electron chi connectivity index (χ0n) is 9.73. The molecule has 0 radical (unpaired) electrons. The zero-order valence-corrected chi connectivity index (χ0v) is 10.5. The van der Waals surface area contributed by atoms with Crippen LogP contribution in [-0.2, 0) is 9.53 Å². The quantitative estimate of drug-likeness (QED) is 0.843. The third kappa shape index (κ3) is 2.56. The van der Waals surface area contributed by atoms with Crippen molar-refractivity contribution in [2.24, 2.45) is 0 Å². The standard InChI is InChI=1S/C12H12ClNO4/c1-17-12(16)7-2-3-9(8(13)6-7)18-10-4-5-14-11(10)15/h2-3,6,10H,4-5H2,1H3,(H,14,15)/t10-/m1/s1. The molecule has 1 aromatic carbocycles. The van der Waals surface area contributed by atoms with Gasteiger partial charge in [-0.3, -0.25) is 4.79 Å². The number of amides is 1. The van der Waals surface area contributed by atoms with Crippen LogP contribution in [0, 0.1) is 0 Å². The number of ether oxygens (including phenoxy) is 2. The lowest BCUT2D eigenvalue weighted by molar-refractivity contribution is -0.124. The van der Waals surface area contributed by atoms with E-state index in [9.17, 15) is 9.59 Å². The Morgan fingerprint density at radius 2 is 2.28 bits per heavy atom. The number of esters is 1. The molecule has 0 bridgehead atoms. The molecular weight excluding hydrogens is 258 g/mol. The van der Waals surface area contributed by atoms with Crippen molar-refractivity contribution in [3.8, 4) is 5.75 Å². The lowest BCUT2D eigenvalue weighted by Gasteiger charge is -2.12. The van der Waals surface area contributed by atoms with E-state index in [0.717, 1.165) is 0 Å². The maximum absolute atomic E-state index is 11.4. The number of nitrogens with one attached hydrogen (secondary N) is 1. The molecule has 1 N–H and O–H groups in total. The highest BCUT2D eigenvalue weighted by Gasteiger charge is 2.26. The summed E-state index contributed by atoms with van der Waals surface area (Å²) in [5.74, 6) is -0.239. The van der Waals surface area contributed by atoms with Gasteiger partial charge in [-0.25, -0.2) is 4.79 Å². The first kappa shape index (κ1) is 12.7. The number of hydrogen-bond acceptors (Lipinski definition) is 4. The van der Waals surface area contributed by atoms with Crippen molar-refractivity contribution < 1.29 is 19.1 Å². The average molecular weight is 270 g/mol. The van der Waals surface area contributed by atoms with Gasteiger partial charge >= 0.3 is 5.97 Å². The molecule has 0 saturated carbocycles. The molecule has 0 aliphatic carbocycles. The highest BCUT2D eigenvalue weighted by molar-refractivity contribution is 6.32. The Morgan fingerprint density at radius 3 is 2.83 bits per heavy atom. The summed E-state index contributed by atoms with van der Waals surface area (Å²) >= 11 is 5.99. The van der Waals surface area contributed by atoms with Crippen molar-refractivity contribution in [2.45, 2.75) is 12.5 Å². The second-order valence-corrected chi connectivity index (χ2v) is 4.23. The first-order valence-corrected chi connectivity index (χ1v) is 5.82. The lowest BCUT2D eigenvalue weighted by Crippen LogP contribution is -2.27. The molecule has 1 atom stereocenters. The van der Waals surface area contributed by atoms with E-state index in [1.165, 1.54) is 13.2 Å². The molecule has 5 nitrogen and oxygen atoms in total. The Hall–Kier alpha value is -1.75. The Labute approximate surface area is 109 Å². The lowest BCUT2D eigenvalue weighted by atomic mass is 10.2. The van der Waals surface area contributed by atoms with Crippen molar-refractivity contribution in [3.63, 3.8) is 0 Å². The molecule has 18 heavy (non-hydrogen) atoms. The summed E-state index contributed by atoms with van der Waals surface area (Å²) in [4.78, 5) is 22.6. The zero-order chi connectivity index (χ0) is 13.1. The summed E-state index contributed by atoms with van der Waals surface area (Å²) in [5, 5.41) is 2.94. The van der Waals surface area contributed by atoms with Crippen LogP contribution in [0.2, 0.25) is 5.02 Å². The fourth-order valence-corrected chi connectivity index (χ4v) is 1.90. The van der Waals surface area contributed by atoms with Crippen molar-refractivity contribution >= 4 is 23.5 Å². The first-order chi connectivity index (χ1) is 8.61. The maximum Gasteiger partial charge on any atom is 0.337 e. The van der Waals surface area contributed by atoms with Crippen molar-refractivity contribution in [1.29, 1.82) is 0 Å². The van der Waals surface area contributed by atoms with Gasteiger partial charge in [0.2, 0.25) is 0 Å². The minimum Gasteiger partial charge on any atom is -0.479 e. The van der Waals surface area contributed by atoms with Gasteiger partial charge in [-0.2, -0.15) is 0 Å². The van der Waals surface area contributed by atoms with E-state index in [-0.39, 0.29) is 10.9 Å². The fraction of sp³-hybridized carbons (Fsp3) is 0.333. The highest BCUT2D eigenvalue weighted by Crippen LogP contribution is 2.27. The number of carbonyl (C=O) groups excluding carboxylic acids is 2. The van der Waals surface area contributed by atoms with Gasteiger partial charge in [-0.15, -0.1) is 0 Å². The Kier molecular flexibility index (Phi) is 3.72. The molecule has 0 aromatic heterocycles. The molecular formula is C12H12ClNO4. The Bertz CT molecular complexity index is 489. The van der Waals surface area contributed by atoms with Crippen molar-refractivity contribution in [2.75, 3.05) is 13.7 Å².